The molecule has 4 aromatic carbocycles. The molecular formula is C35H32N4O4S2. The van der Waals surface area contributed by atoms with Crippen LogP contribution >= 0.6 is 23.1 Å². The van der Waals surface area contributed by atoms with Crippen molar-refractivity contribution in [3.05, 3.63) is 119 Å². The van der Waals surface area contributed by atoms with Crippen LogP contribution in [-0.2, 0) is 9.59 Å². The highest BCUT2D eigenvalue weighted by Gasteiger charge is 2.19. The van der Waals surface area contributed by atoms with E-state index < -0.39 is 17.1 Å². The number of nitrogens with one attached hydrogen (secondary N) is 3. The van der Waals surface area contributed by atoms with E-state index in [-0.39, 0.29) is 11.6 Å². The van der Waals surface area contributed by atoms with Gasteiger partial charge in [-0.1, -0.05) is 59.9 Å². The number of thiazole rings is 1. The molecule has 45 heavy (non-hydrogen) atoms. The quantitative estimate of drug-likeness (QED) is 0.102. The summed E-state index contributed by atoms with van der Waals surface area (Å²) in [4.78, 5) is 44.8. The number of aryl methyl sites for hydroxylation is 1. The Hall–Kier alpha value is -4.93. The van der Waals surface area contributed by atoms with Crippen LogP contribution in [0, 0.1) is 6.92 Å². The van der Waals surface area contributed by atoms with Crippen LogP contribution < -0.4 is 20.7 Å². The first-order chi connectivity index (χ1) is 21.8. The van der Waals surface area contributed by atoms with Crippen molar-refractivity contribution in [1.29, 1.82) is 0 Å². The highest BCUT2D eigenvalue weighted by Crippen LogP contribution is 2.31. The Morgan fingerprint density at radius 3 is 2.49 bits per heavy atom. The maximum absolute atomic E-state index is 13.5. The van der Waals surface area contributed by atoms with Crippen LogP contribution in [0.1, 0.15) is 35.3 Å². The number of hydrogen-bond donors (Lipinski definition) is 3. The first-order valence-corrected chi connectivity index (χ1v) is 16.0. The van der Waals surface area contributed by atoms with Gasteiger partial charge in [-0.15, -0.1) is 11.8 Å². The van der Waals surface area contributed by atoms with Crippen molar-refractivity contribution < 1.29 is 19.1 Å². The van der Waals surface area contributed by atoms with Gasteiger partial charge in [-0.25, -0.2) is 4.98 Å². The summed E-state index contributed by atoms with van der Waals surface area (Å²) in [5.74, 6) is -0.291. The third-order valence-corrected chi connectivity index (χ3v) is 8.72. The van der Waals surface area contributed by atoms with Crippen molar-refractivity contribution in [2.75, 3.05) is 17.2 Å². The van der Waals surface area contributed by atoms with E-state index >= 15 is 0 Å². The first-order valence-electron chi connectivity index (χ1n) is 14.3. The summed E-state index contributed by atoms with van der Waals surface area (Å²) in [6.07, 6.45) is 1.66. The lowest BCUT2D eigenvalue weighted by Crippen LogP contribution is -2.30. The summed E-state index contributed by atoms with van der Waals surface area (Å²) in [7, 11) is 0. The number of benzene rings is 4. The summed E-state index contributed by atoms with van der Waals surface area (Å²) in [6.45, 7) is 6.25. The number of hydrogen-bond acceptors (Lipinski definition) is 7. The molecule has 1 unspecified atom stereocenters. The summed E-state index contributed by atoms with van der Waals surface area (Å²) >= 11 is 2.75. The van der Waals surface area contributed by atoms with Crippen molar-refractivity contribution in [3.8, 4) is 5.75 Å². The zero-order valence-electron chi connectivity index (χ0n) is 25.0. The van der Waals surface area contributed by atoms with E-state index in [9.17, 15) is 14.4 Å². The maximum Gasteiger partial charge on any atom is 0.272 e. The van der Waals surface area contributed by atoms with Crippen LogP contribution in [0.25, 0.3) is 16.3 Å². The second kappa shape index (κ2) is 14.7. The van der Waals surface area contributed by atoms with Crippen molar-refractivity contribution in [3.63, 3.8) is 0 Å². The van der Waals surface area contributed by atoms with Gasteiger partial charge in [0.15, 0.2) is 5.13 Å². The second-order valence-electron chi connectivity index (χ2n) is 10.0. The second-order valence-corrected chi connectivity index (χ2v) is 12.5. The average molecular weight is 637 g/mol. The molecule has 5 rings (SSSR count). The molecule has 0 saturated carbocycles. The average Bonchev–Trinajstić information content (AvgIpc) is 3.44. The summed E-state index contributed by atoms with van der Waals surface area (Å²) in [5.41, 5.74) is 3.63. The number of ether oxygens (including phenoxy) is 1. The molecule has 0 fully saturated rings. The molecule has 0 radical (unpaired) electrons. The number of carbonyl (C=O) groups is 3. The number of amides is 3. The zero-order chi connectivity index (χ0) is 31.8. The van der Waals surface area contributed by atoms with Crippen molar-refractivity contribution in [1.82, 2.24) is 10.3 Å². The molecular weight excluding hydrogens is 605 g/mol. The van der Waals surface area contributed by atoms with Crippen LogP contribution in [0.3, 0.4) is 0 Å². The molecule has 228 valence electrons. The number of nitrogens with zero attached hydrogens (tertiary/aromatic N) is 1. The van der Waals surface area contributed by atoms with Crippen LogP contribution in [0.4, 0.5) is 10.8 Å². The van der Waals surface area contributed by atoms with Gasteiger partial charge in [-0.05, 0) is 86.5 Å². The smallest absolute Gasteiger partial charge is 0.272 e. The Balaban J connectivity index is 1.27. The molecule has 1 aromatic heterocycles. The molecule has 0 spiro atoms. The third-order valence-electron chi connectivity index (χ3n) is 6.69. The summed E-state index contributed by atoms with van der Waals surface area (Å²) in [5, 5.41) is 8.66. The van der Waals surface area contributed by atoms with Gasteiger partial charge in [-0.2, -0.15) is 0 Å². The van der Waals surface area contributed by atoms with Crippen LogP contribution in [-0.4, -0.2) is 34.6 Å². The molecule has 0 bridgehead atoms. The number of carbonyl (C=O) groups excluding carboxylic acids is 3. The Labute approximate surface area is 269 Å². The minimum Gasteiger partial charge on any atom is -0.494 e. The van der Waals surface area contributed by atoms with Crippen LogP contribution in [0.15, 0.2) is 108 Å². The van der Waals surface area contributed by atoms with Crippen LogP contribution in [0.5, 0.6) is 5.75 Å². The molecule has 10 heteroatoms. The van der Waals surface area contributed by atoms with Gasteiger partial charge in [0.1, 0.15) is 11.4 Å². The summed E-state index contributed by atoms with van der Waals surface area (Å²) < 4.78 is 6.49. The largest absolute Gasteiger partial charge is 0.494 e. The molecule has 0 aliphatic rings. The van der Waals surface area contributed by atoms with Gasteiger partial charge >= 0.3 is 0 Å². The number of fused-ring (bicyclic) bond motifs is 1. The van der Waals surface area contributed by atoms with Crippen molar-refractivity contribution in [2.45, 2.75) is 30.9 Å². The fourth-order valence-corrected chi connectivity index (χ4v) is 6.20. The van der Waals surface area contributed by atoms with E-state index in [4.69, 9.17) is 4.74 Å². The van der Waals surface area contributed by atoms with E-state index in [2.05, 4.69) is 20.9 Å². The fraction of sp³-hybridized carbons (Fsp3) is 0.143. The molecule has 1 atom stereocenters. The lowest BCUT2D eigenvalue weighted by molar-refractivity contribution is -0.115. The number of aromatic nitrogens is 1. The molecule has 0 saturated heterocycles. The Morgan fingerprint density at radius 2 is 1.71 bits per heavy atom. The van der Waals surface area contributed by atoms with Gasteiger partial charge in [0.2, 0.25) is 5.91 Å². The third kappa shape index (κ3) is 8.37. The standard InChI is InChI=1S/C35H32N4O4S2/c1-4-43-27-17-18-29-31(21-27)45-35(38-29)39-32(40)23(3)44-28-16-10-15-26(20-28)36-34(42)30(19-25-14-9-8-11-22(25)2)37-33(41)24-12-6-5-7-13-24/h5-21,23H,4H2,1-3H3,(H,36,42)(H,37,41)(H,38,39,40)/b30-19-. The Morgan fingerprint density at radius 1 is 0.933 bits per heavy atom. The van der Waals surface area contributed by atoms with Crippen LogP contribution in [0.2, 0.25) is 0 Å². The van der Waals surface area contributed by atoms with E-state index in [0.29, 0.717) is 23.0 Å². The van der Waals surface area contributed by atoms with Gasteiger partial charge < -0.3 is 20.7 Å². The highest BCUT2D eigenvalue weighted by atomic mass is 32.2. The number of rotatable bonds is 11. The summed E-state index contributed by atoms with van der Waals surface area (Å²) in [6, 6.07) is 29.2. The SMILES string of the molecule is CCOc1ccc2nc(NC(=O)C(C)Sc3cccc(NC(=O)/C(=C/c4ccccc4C)NC(=O)c4ccccc4)c3)sc2c1. The molecule has 8 nitrogen and oxygen atoms in total. The molecule has 3 N–H and O–H groups in total. The van der Waals surface area contributed by atoms with Gasteiger partial charge in [-0.3, -0.25) is 14.4 Å². The minimum absolute atomic E-state index is 0.105. The lowest BCUT2D eigenvalue weighted by Gasteiger charge is -2.14. The number of thioether (sulfide) groups is 1. The fourth-order valence-electron chi connectivity index (χ4n) is 4.37. The Bertz CT molecular complexity index is 1870. The topological polar surface area (TPSA) is 109 Å². The molecule has 0 aliphatic carbocycles. The van der Waals surface area contributed by atoms with E-state index in [1.165, 1.54) is 23.1 Å². The highest BCUT2D eigenvalue weighted by molar-refractivity contribution is 8.00. The maximum atomic E-state index is 13.5. The normalized spacial score (nSPS) is 11.9. The predicted octanol–water partition coefficient (Wildman–Crippen LogP) is 7.53. The van der Waals surface area contributed by atoms with E-state index in [0.717, 1.165) is 32.0 Å². The predicted molar refractivity (Wildman–Crippen MR) is 183 cm³/mol. The first kappa shape index (κ1) is 31.5. The van der Waals surface area contributed by atoms with Gasteiger partial charge in [0, 0.05) is 16.1 Å². The molecule has 5 aromatic rings. The van der Waals surface area contributed by atoms with Gasteiger partial charge in [0.25, 0.3) is 11.8 Å². The Kier molecular flexibility index (Phi) is 10.3. The van der Waals surface area contributed by atoms with Gasteiger partial charge in [0.05, 0.1) is 22.1 Å². The van der Waals surface area contributed by atoms with E-state index in [1.54, 1.807) is 48.5 Å². The minimum atomic E-state index is -0.473. The molecule has 3 amide bonds. The molecule has 0 aliphatic heterocycles. The van der Waals surface area contributed by atoms with E-state index in [1.807, 2.05) is 75.4 Å². The monoisotopic (exact) mass is 636 g/mol. The zero-order valence-corrected chi connectivity index (χ0v) is 26.6. The van der Waals surface area contributed by atoms with Crippen molar-refractivity contribution >= 4 is 67.9 Å². The number of anilines is 2. The lowest BCUT2D eigenvalue weighted by atomic mass is 10.1. The molecule has 1 heterocycles. The van der Waals surface area contributed by atoms with Crippen molar-refractivity contribution in [2.24, 2.45) is 0 Å².